The molecule has 1 aliphatic rings. The minimum absolute atomic E-state index is 0.0795. The van der Waals surface area contributed by atoms with E-state index in [0.29, 0.717) is 5.92 Å². The SMILES string of the molecule is Cc1ccc(C(C(C#N)C#N)C2CCCCC2)cc1. The van der Waals surface area contributed by atoms with Gasteiger partial charge in [0.05, 0.1) is 12.1 Å². The molecule has 0 spiro atoms. The van der Waals surface area contributed by atoms with Crippen LogP contribution in [-0.2, 0) is 0 Å². The lowest BCUT2D eigenvalue weighted by molar-refractivity contribution is 0.287. The van der Waals surface area contributed by atoms with E-state index < -0.39 is 5.92 Å². The summed E-state index contributed by atoms with van der Waals surface area (Å²) in [6, 6.07) is 12.7. The zero-order valence-corrected chi connectivity index (χ0v) is 11.5. The van der Waals surface area contributed by atoms with Crippen LogP contribution in [0.2, 0.25) is 0 Å². The van der Waals surface area contributed by atoms with Crippen molar-refractivity contribution < 1.29 is 0 Å². The average Bonchev–Trinajstić information content (AvgIpc) is 2.47. The van der Waals surface area contributed by atoms with E-state index in [1.54, 1.807) is 0 Å². The highest BCUT2D eigenvalue weighted by atomic mass is 14.4. The molecule has 0 bridgehead atoms. The molecule has 1 atom stereocenters. The molecule has 2 rings (SSSR count). The highest BCUT2D eigenvalue weighted by Crippen LogP contribution is 2.40. The molecule has 1 unspecified atom stereocenters. The molecule has 19 heavy (non-hydrogen) atoms. The van der Waals surface area contributed by atoms with Gasteiger partial charge in [-0.25, -0.2) is 0 Å². The maximum atomic E-state index is 9.27. The first-order valence-corrected chi connectivity index (χ1v) is 7.12. The number of rotatable bonds is 3. The molecule has 0 radical (unpaired) electrons. The van der Waals surface area contributed by atoms with Crippen LogP contribution in [0.15, 0.2) is 24.3 Å². The average molecular weight is 252 g/mol. The Labute approximate surface area is 115 Å². The van der Waals surface area contributed by atoms with Crippen molar-refractivity contribution in [2.75, 3.05) is 0 Å². The van der Waals surface area contributed by atoms with Crippen molar-refractivity contribution >= 4 is 0 Å². The summed E-state index contributed by atoms with van der Waals surface area (Å²) in [5.74, 6) is 0.0439. The Bertz CT molecular complexity index is 469. The van der Waals surface area contributed by atoms with Crippen molar-refractivity contribution in [3.63, 3.8) is 0 Å². The van der Waals surface area contributed by atoms with Crippen molar-refractivity contribution in [2.24, 2.45) is 11.8 Å². The van der Waals surface area contributed by atoms with Crippen LogP contribution in [-0.4, -0.2) is 0 Å². The molecule has 1 aromatic rings. The molecular formula is C17H20N2. The van der Waals surface area contributed by atoms with Crippen LogP contribution in [0.4, 0.5) is 0 Å². The highest BCUT2D eigenvalue weighted by Gasteiger charge is 2.31. The van der Waals surface area contributed by atoms with Crippen LogP contribution >= 0.6 is 0 Å². The van der Waals surface area contributed by atoms with Crippen LogP contribution < -0.4 is 0 Å². The predicted molar refractivity (Wildman–Crippen MR) is 75.2 cm³/mol. The van der Waals surface area contributed by atoms with Gasteiger partial charge in [-0.3, -0.25) is 0 Å². The number of aryl methyl sites for hydroxylation is 1. The van der Waals surface area contributed by atoms with Crippen molar-refractivity contribution in [2.45, 2.75) is 44.9 Å². The molecule has 0 N–H and O–H groups in total. The second-order valence-corrected chi connectivity index (χ2v) is 5.57. The Morgan fingerprint density at radius 2 is 1.58 bits per heavy atom. The third-order valence-corrected chi connectivity index (χ3v) is 4.26. The maximum absolute atomic E-state index is 9.27. The van der Waals surface area contributed by atoms with Crippen molar-refractivity contribution in [1.29, 1.82) is 10.5 Å². The van der Waals surface area contributed by atoms with Gasteiger partial charge in [0.15, 0.2) is 0 Å². The number of benzene rings is 1. The standard InChI is InChI=1S/C17H20N2/c1-13-7-9-15(10-8-13)17(16(11-18)12-19)14-5-3-2-4-6-14/h7-10,14,16-17H,2-6H2,1H3. The lowest BCUT2D eigenvalue weighted by Gasteiger charge is -2.31. The summed E-state index contributed by atoms with van der Waals surface area (Å²) in [5.41, 5.74) is 2.38. The first kappa shape index (κ1) is 13.6. The summed E-state index contributed by atoms with van der Waals surface area (Å²) in [4.78, 5) is 0. The van der Waals surface area contributed by atoms with Gasteiger partial charge in [-0.1, -0.05) is 49.1 Å². The normalized spacial score (nSPS) is 17.7. The van der Waals surface area contributed by atoms with Gasteiger partial charge in [0.25, 0.3) is 0 Å². The second-order valence-electron chi connectivity index (χ2n) is 5.57. The molecule has 2 nitrogen and oxygen atoms in total. The summed E-state index contributed by atoms with van der Waals surface area (Å²) < 4.78 is 0. The Balaban J connectivity index is 2.31. The third kappa shape index (κ3) is 3.15. The van der Waals surface area contributed by atoms with Gasteiger partial charge in [-0.15, -0.1) is 0 Å². The minimum atomic E-state index is -0.522. The Hall–Kier alpha value is -1.80. The minimum Gasteiger partial charge on any atom is -0.197 e. The quantitative estimate of drug-likeness (QED) is 0.804. The Morgan fingerprint density at radius 3 is 2.11 bits per heavy atom. The molecule has 1 saturated carbocycles. The number of nitrogens with zero attached hydrogens (tertiary/aromatic N) is 2. The van der Waals surface area contributed by atoms with Gasteiger partial charge in [0.2, 0.25) is 0 Å². The largest absolute Gasteiger partial charge is 0.197 e. The molecule has 0 saturated heterocycles. The van der Waals surface area contributed by atoms with E-state index in [-0.39, 0.29) is 5.92 Å². The van der Waals surface area contributed by atoms with E-state index in [2.05, 4.69) is 43.3 Å². The van der Waals surface area contributed by atoms with E-state index in [1.165, 1.54) is 24.8 Å². The van der Waals surface area contributed by atoms with Crippen LogP contribution in [0.1, 0.15) is 49.1 Å². The maximum Gasteiger partial charge on any atom is 0.140 e. The van der Waals surface area contributed by atoms with Gasteiger partial charge >= 0.3 is 0 Å². The lowest BCUT2D eigenvalue weighted by Crippen LogP contribution is -2.22. The molecule has 1 aliphatic carbocycles. The molecule has 0 aliphatic heterocycles. The topological polar surface area (TPSA) is 47.6 Å². The fourth-order valence-electron chi connectivity index (χ4n) is 3.21. The molecular weight excluding hydrogens is 232 g/mol. The van der Waals surface area contributed by atoms with Crippen LogP contribution in [0.25, 0.3) is 0 Å². The molecule has 98 valence electrons. The molecule has 0 amide bonds. The van der Waals surface area contributed by atoms with Gasteiger partial charge in [-0.2, -0.15) is 10.5 Å². The summed E-state index contributed by atoms with van der Waals surface area (Å²) in [6.45, 7) is 2.06. The predicted octanol–water partition coefficient (Wildman–Crippen LogP) is 4.32. The fourth-order valence-corrected chi connectivity index (χ4v) is 3.21. The first-order valence-electron chi connectivity index (χ1n) is 7.12. The zero-order valence-electron chi connectivity index (χ0n) is 11.5. The molecule has 0 heterocycles. The summed E-state index contributed by atoms with van der Waals surface area (Å²) >= 11 is 0. The van der Waals surface area contributed by atoms with Crippen LogP contribution in [0, 0.1) is 41.4 Å². The zero-order chi connectivity index (χ0) is 13.7. The Kier molecular flexibility index (Phi) is 4.58. The smallest absolute Gasteiger partial charge is 0.140 e. The van der Waals surface area contributed by atoms with E-state index in [4.69, 9.17) is 0 Å². The molecule has 0 aromatic heterocycles. The highest BCUT2D eigenvalue weighted by molar-refractivity contribution is 5.29. The molecule has 1 fully saturated rings. The fraction of sp³-hybridized carbons (Fsp3) is 0.529. The molecule has 1 aromatic carbocycles. The van der Waals surface area contributed by atoms with E-state index in [9.17, 15) is 10.5 Å². The summed E-state index contributed by atoms with van der Waals surface area (Å²) in [5, 5.41) is 18.5. The first-order chi connectivity index (χ1) is 9.26. The lowest BCUT2D eigenvalue weighted by atomic mass is 9.71. The van der Waals surface area contributed by atoms with Gasteiger partial charge in [-0.05, 0) is 31.2 Å². The summed E-state index contributed by atoms with van der Waals surface area (Å²) in [7, 11) is 0. The number of nitriles is 2. The van der Waals surface area contributed by atoms with Crippen molar-refractivity contribution in [3.8, 4) is 12.1 Å². The third-order valence-electron chi connectivity index (χ3n) is 4.26. The number of hydrogen-bond donors (Lipinski definition) is 0. The summed E-state index contributed by atoms with van der Waals surface area (Å²) in [6.07, 6.45) is 6.06. The van der Waals surface area contributed by atoms with Crippen molar-refractivity contribution in [3.05, 3.63) is 35.4 Å². The van der Waals surface area contributed by atoms with Gasteiger partial charge in [0.1, 0.15) is 5.92 Å². The van der Waals surface area contributed by atoms with Crippen LogP contribution in [0.3, 0.4) is 0 Å². The van der Waals surface area contributed by atoms with Crippen molar-refractivity contribution in [1.82, 2.24) is 0 Å². The number of hydrogen-bond acceptors (Lipinski definition) is 2. The van der Waals surface area contributed by atoms with Gasteiger partial charge < -0.3 is 0 Å². The molecule has 2 heteroatoms. The second kappa shape index (κ2) is 6.39. The van der Waals surface area contributed by atoms with E-state index in [1.807, 2.05) is 0 Å². The van der Waals surface area contributed by atoms with Gasteiger partial charge in [0, 0.05) is 5.92 Å². The van der Waals surface area contributed by atoms with E-state index in [0.717, 1.165) is 18.4 Å². The van der Waals surface area contributed by atoms with Crippen LogP contribution in [0.5, 0.6) is 0 Å². The van der Waals surface area contributed by atoms with E-state index >= 15 is 0 Å². The monoisotopic (exact) mass is 252 g/mol. The Morgan fingerprint density at radius 1 is 1.00 bits per heavy atom.